The van der Waals surface area contributed by atoms with Gasteiger partial charge < -0.3 is 31.1 Å². The SMILES string of the molecule is COc1ccc(S(=O)(=O)CCOS(=O)(=O)O)cc1N=Nc1ccc(N=Nc2c(O)cc(C(=O)O)c(N=Nc3ccc(C)cc3S(=O)(=O)O)c2O)cc1NC(N)=O. The number of aryl methyl sites for hydroxylation is 1. The van der Waals surface area contributed by atoms with E-state index in [0.29, 0.717) is 11.6 Å². The van der Waals surface area contributed by atoms with E-state index in [1.54, 1.807) is 0 Å². The highest BCUT2D eigenvalue weighted by Crippen LogP contribution is 2.47. The maximum absolute atomic E-state index is 12.7. The van der Waals surface area contributed by atoms with Gasteiger partial charge in [0.05, 0.1) is 41.3 Å². The molecule has 0 saturated heterocycles. The van der Waals surface area contributed by atoms with Crippen LogP contribution in [0.5, 0.6) is 17.2 Å². The molecule has 8 N–H and O–H groups in total. The number of aromatic hydroxyl groups is 2. The minimum absolute atomic E-state index is 0.0434. The van der Waals surface area contributed by atoms with Crippen molar-refractivity contribution in [3.8, 4) is 17.2 Å². The number of nitrogens with one attached hydrogen (secondary N) is 1. The molecule has 4 rings (SSSR count). The number of carboxylic acid groups (broad SMARTS) is 1. The first-order chi connectivity index (χ1) is 26.1. The molecule has 0 aliphatic rings. The third-order valence-corrected chi connectivity index (χ3v) is 10.00. The number of phenols is 2. The number of primary amides is 1. The first-order valence-electron chi connectivity index (χ1n) is 15.0. The normalized spacial score (nSPS) is 12.4. The van der Waals surface area contributed by atoms with Crippen LogP contribution in [0.2, 0.25) is 0 Å². The topological polar surface area (TPSA) is 368 Å². The summed E-state index contributed by atoms with van der Waals surface area (Å²) >= 11 is 0. The highest BCUT2D eigenvalue weighted by molar-refractivity contribution is 7.91. The maximum Gasteiger partial charge on any atom is 0.397 e. The molecule has 2 amide bonds. The first kappa shape index (κ1) is 42.3. The number of anilines is 1. The fraction of sp³-hybridized carbons (Fsp3) is 0.133. The average molecular weight is 837 g/mol. The number of benzene rings is 4. The van der Waals surface area contributed by atoms with Crippen molar-refractivity contribution in [3.05, 3.63) is 71.8 Å². The summed E-state index contributed by atoms with van der Waals surface area (Å²) in [6.07, 6.45) is 0. The zero-order valence-electron chi connectivity index (χ0n) is 28.5. The number of methoxy groups -OCH3 is 1. The summed E-state index contributed by atoms with van der Waals surface area (Å²) in [6.45, 7) is 0.644. The monoisotopic (exact) mass is 836 g/mol. The van der Waals surface area contributed by atoms with Crippen molar-refractivity contribution in [1.29, 1.82) is 0 Å². The second-order valence-corrected chi connectivity index (χ2v) is 15.5. The summed E-state index contributed by atoms with van der Waals surface area (Å²) < 4.78 is 98.3. The summed E-state index contributed by atoms with van der Waals surface area (Å²) in [6, 6.07) is 10.3. The Labute approximate surface area is 316 Å². The van der Waals surface area contributed by atoms with Crippen LogP contribution in [0.1, 0.15) is 15.9 Å². The maximum atomic E-state index is 12.7. The van der Waals surface area contributed by atoms with E-state index in [-0.39, 0.29) is 33.4 Å². The van der Waals surface area contributed by atoms with Crippen molar-refractivity contribution in [2.24, 2.45) is 36.4 Å². The first-order valence-corrected chi connectivity index (χ1v) is 19.4. The highest BCUT2D eigenvalue weighted by Gasteiger charge is 2.24. The van der Waals surface area contributed by atoms with Gasteiger partial charge in [-0.1, -0.05) is 6.07 Å². The summed E-state index contributed by atoms with van der Waals surface area (Å²) in [5.74, 6) is -4.42. The molecule has 0 unspecified atom stereocenters. The van der Waals surface area contributed by atoms with Gasteiger partial charge in [0.2, 0.25) is 0 Å². The number of hydrogen-bond donors (Lipinski definition) is 7. The summed E-state index contributed by atoms with van der Waals surface area (Å²) in [5, 5.41) is 56.4. The number of rotatable bonds is 15. The predicted octanol–water partition coefficient (Wildman–Crippen LogP) is 5.69. The molecule has 56 heavy (non-hydrogen) atoms. The minimum Gasteiger partial charge on any atom is -0.505 e. The molecule has 0 heterocycles. The molecule has 0 fully saturated rings. The third kappa shape index (κ3) is 10.8. The van der Waals surface area contributed by atoms with E-state index in [1.807, 2.05) is 0 Å². The Morgan fingerprint density at radius 3 is 2.05 bits per heavy atom. The number of phenolic OH excluding ortho intramolecular Hbond substituents is 2. The molecule has 4 aromatic rings. The second-order valence-electron chi connectivity index (χ2n) is 10.9. The number of nitrogens with zero attached hydrogens (tertiary/aromatic N) is 6. The Balaban J connectivity index is 1.71. The number of carbonyl (C=O) groups is 2. The fourth-order valence-electron chi connectivity index (χ4n) is 4.44. The number of carbonyl (C=O) groups excluding carboxylic acids is 1. The van der Waals surface area contributed by atoms with Crippen LogP contribution in [-0.2, 0) is 34.5 Å². The number of ether oxygens (including phenoxy) is 1. The van der Waals surface area contributed by atoms with Crippen molar-refractivity contribution >= 4 is 82.2 Å². The van der Waals surface area contributed by atoms with Crippen molar-refractivity contribution < 1.29 is 68.2 Å². The molecule has 4 aromatic carbocycles. The Morgan fingerprint density at radius 1 is 0.786 bits per heavy atom. The van der Waals surface area contributed by atoms with Crippen LogP contribution in [0, 0.1) is 6.92 Å². The Kier molecular flexibility index (Phi) is 12.8. The van der Waals surface area contributed by atoms with Crippen LogP contribution in [0.25, 0.3) is 0 Å². The van der Waals surface area contributed by atoms with Gasteiger partial charge in [-0.05, 0) is 67.1 Å². The molecule has 0 bridgehead atoms. The molecule has 0 aliphatic heterocycles. The molecule has 26 heteroatoms. The second kappa shape index (κ2) is 16.9. The lowest BCUT2D eigenvalue weighted by Crippen LogP contribution is -2.19. The lowest BCUT2D eigenvalue weighted by atomic mass is 10.1. The number of amides is 2. The van der Waals surface area contributed by atoms with E-state index in [9.17, 15) is 54.7 Å². The number of azo groups is 3. The lowest BCUT2D eigenvalue weighted by molar-refractivity contribution is 0.0696. The summed E-state index contributed by atoms with van der Waals surface area (Å²) in [4.78, 5) is 22.7. The average Bonchev–Trinajstić information content (AvgIpc) is 3.09. The van der Waals surface area contributed by atoms with Crippen molar-refractivity contribution in [2.45, 2.75) is 16.7 Å². The van der Waals surface area contributed by atoms with Gasteiger partial charge in [-0.2, -0.15) is 21.9 Å². The van der Waals surface area contributed by atoms with E-state index >= 15 is 0 Å². The smallest absolute Gasteiger partial charge is 0.397 e. The highest BCUT2D eigenvalue weighted by atomic mass is 32.3. The van der Waals surface area contributed by atoms with Crippen LogP contribution < -0.4 is 15.8 Å². The van der Waals surface area contributed by atoms with Gasteiger partial charge in [0.25, 0.3) is 10.1 Å². The minimum atomic E-state index is -4.89. The van der Waals surface area contributed by atoms with Gasteiger partial charge in [0.15, 0.2) is 21.3 Å². The van der Waals surface area contributed by atoms with Gasteiger partial charge in [-0.25, -0.2) is 22.2 Å². The molecule has 0 saturated carbocycles. The Hall–Kier alpha value is -6.45. The van der Waals surface area contributed by atoms with Gasteiger partial charge in [0, 0.05) is 0 Å². The molecule has 0 spiro atoms. The van der Waals surface area contributed by atoms with E-state index in [4.69, 9.17) is 15.0 Å². The van der Waals surface area contributed by atoms with Crippen LogP contribution in [0.15, 0.2) is 101 Å². The molecular weight excluding hydrogens is 809 g/mol. The zero-order chi connectivity index (χ0) is 41.6. The number of carboxylic acids is 1. The van der Waals surface area contributed by atoms with E-state index in [2.05, 4.69) is 40.2 Å². The summed E-state index contributed by atoms with van der Waals surface area (Å²) in [7, 11) is -12.6. The van der Waals surface area contributed by atoms with Gasteiger partial charge in [-0.3, -0.25) is 9.11 Å². The third-order valence-electron chi connectivity index (χ3n) is 6.97. The quantitative estimate of drug-likeness (QED) is 0.0558. The predicted molar refractivity (Wildman–Crippen MR) is 192 cm³/mol. The van der Waals surface area contributed by atoms with Crippen molar-refractivity contribution in [1.82, 2.24) is 0 Å². The standard InChI is InChI=1S/C30H28N8O15S3/c1-15-3-6-20(25(11-15)55(46,47)48)35-37-26-18(29(41)42)14-23(39)27(28(26)40)38-33-16-4-7-19(21(12-16)32-30(31)43)34-36-22-13-17(5-8-24(22)52-2)54(44,45)10-9-53-56(49,50)51/h3-8,11-14,39-40H,9-10H2,1-2H3,(H,41,42)(H3,31,32,43)(H,46,47,48)(H,49,50,51). The summed E-state index contributed by atoms with van der Waals surface area (Å²) in [5.41, 5.74) is 2.56. The van der Waals surface area contributed by atoms with Crippen LogP contribution in [-0.4, -0.2) is 81.1 Å². The van der Waals surface area contributed by atoms with Gasteiger partial charge >= 0.3 is 22.4 Å². The number of nitrogens with two attached hydrogens (primary N) is 1. The van der Waals surface area contributed by atoms with Crippen LogP contribution >= 0.6 is 0 Å². The Bertz CT molecular complexity index is 2650. The number of sulfone groups is 1. The molecule has 0 aliphatic carbocycles. The Morgan fingerprint density at radius 2 is 1.43 bits per heavy atom. The van der Waals surface area contributed by atoms with Crippen molar-refractivity contribution in [2.75, 3.05) is 24.8 Å². The largest absolute Gasteiger partial charge is 0.505 e. The van der Waals surface area contributed by atoms with E-state index < -0.39 is 93.7 Å². The van der Waals surface area contributed by atoms with Crippen LogP contribution in [0.3, 0.4) is 0 Å². The van der Waals surface area contributed by atoms with Gasteiger partial charge in [-0.15, -0.1) is 25.6 Å². The lowest BCUT2D eigenvalue weighted by Gasteiger charge is -2.09. The van der Waals surface area contributed by atoms with Gasteiger partial charge in [0.1, 0.15) is 39.1 Å². The number of urea groups is 1. The molecule has 23 nitrogen and oxygen atoms in total. The number of aromatic carboxylic acids is 1. The molecule has 0 radical (unpaired) electrons. The molecular formula is C30H28N8O15S3. The molecule has 0 aromatic heterocycles. The zero-order valence-corrected chi connectivity index (χ0v) is 30.9. The molecule has 296 valence electrons. The molecule has 0 atom stereocenters. The fourth-order valence-corrected chi connectivity index (χ4v) is 6.65. The van der Waals surface area contributed by atoms with E-state index in [0.717, 1.165) is 30.3 Å². The van der Waals surface area contributed by atoms with Crippen molar-refractivity contribution in [3.63, 3.8) is 0 Å². The van der Waals surface area contributed by atoms with E-state index in [1.165, 1.54) is 38.3 Å². The number of hydrogen-bond acceptors (Lipinski definition) is 18. The van der Waals surface area contributed by atoms with Crippen LogP contribution in [0.4, 0.5) is 44.6 Å².